The minimum absolute atomic E-state index is 0.00537. The van der Waals surface area contributed by atoms with Crippen LogP contribution in [-0.4, -0.2) is 17.2 Å². The van der Waals surface area contributed by atoms with E-state index in [0.717, 1.165) is 0 Å². The molecule has 0 saturated carbocycles. The molecule has 0 bridgehead atoms. The normalized spacial score (nSPS) is 10.6. The molecule has 1 aromatic carbocycles. The van der Waals surface area contributed by atoms with Crippen molar-refractivity contribution < 1.29 is 23.9 Å². The molecule has 0 unspecified atom stereocenters. The van der Waals surface area contributed by atoms with Crippen LogP contribution in [-0.2, 0) is 9.59 Å². The predicted molar refractivity (Wildman–Crippen MR) is 77.6 cm³/mol. The second-order valence-electron chi connectivity index (χ2n) is 5.09. The van der Waals surface area contributed by atoms with Gasteiger partial charge in [0, 0.05) is 5.56 Å². The smallest absolute Gasteiger partial charge is 0.313 e. The van der Waals surface area contributed by atoms with Crippen molar-refractivity contribution in [2.24, 2.45) is 11.8 Å². The van der Waals surface area contributed by atoms with Gasteiger partial charge in [0.1, 0.15) is 0 Å². The van der Waals surface area contributed by atoms with Crippen LogP contribution in [0.25, 0.3) is 0 Å². The number of carbonyl (C=O) groups excluding carboxylic acids is 3. The highest BCUT2D eigenvalue weighted by atomic mass is 35.5. The first-order valence-electron chi connectivity index (χ1n) is 6.49. The van der Waals surface area contributed by atoms with Crippen LogP contribution in [0.2, 0.25) is 0 Å². The molecule has 0 heterocycles. The molecule has 0 saturated heterocycles. The first kappa shape index (κ1) is 17.2. The van der Waals surface area contributed by atoms with Gasteiger partial charge in [-0.05, 0) is 29.8 Å². The highest BCUT2D eigenvalue weighted by Crippen LogP contribution is 2.30. The summed E-state index contributed by atoms with van der Waals surface area (Å²) in [6, 6.07) is 4.04. The molecule has 0 aromatic heterocycles. The summed E-state index contributed by atoms with van der Waals surface area (Å²) in [6.45, 7) is 6.69. The van der Waals surface area contributed by atoms with Crippen molar-refractivity contribution >= 4 is 28.8 Å². The quantitative estimate of drug-likeness (QED) is 0.474. The second-order valence-corrected chi connectivity index (χ2v) is 5.43. The maximum Gasteiger partial charge on any atom is 0.313 e. The molecule has 114 valence electrons. The van der Waals surface area contributed by atoms with Crippen LogP contribution in [0.3, 0.4) is 0 Å². The SMILES string of the molecule is CC(C)C(=O)Oc1ccc(C(=O)Cl)cc1OC(=O)C(C)C. The van der Waals surface area contributed by atoms with E-state index in [4.69, 9.17) is 21.1 Å². The van der Waals surface area contributed by atoms with Crippen LogP contribution >= 0.6 is 11.6 Å². The summed E-state index contributed by atoms with van der Waals surface area (Å²) in [5.41, 5.74) is 0.146. The largest absolute Gasteiger partial charge is 0.422 e. The Bertz CT molecular complexity index is 563. The monoisotopic (exact) mass is 312 g/mol. The molecule has 5 nitrogen and oxygen atoms in total. The van der Waals surface area contributed by atoms with Gasteiger partial charge in [0.2, 0.25) is 0 Å². The summed E-state index contributed by atoms with van der Waals surface area (Å²) < 4.78 is 10.3. The van der Waals surface area contributed by atoms with Crippen molar-refractivity contribution in [3.8, 4) is 11.5 Å². The fourth-order valence-electron chi connectivity index (χ4n) is 1.25. The molecule has 6 heteroatoms. The molecular weight excluding hydrogens is 296 g/mol. The van der Waals surface area contributed by atoms with E-state index in [9.17, 15) is 14.4 Å². The molecule has 0 radical (unpaired) electrons. The number of halogens is 1. The minimum atomic E-state index is -0.696. The summed E-state index contributed by atoms with van der Waals surface area (Å²) >= 11 is 5.40. The van der Waals surface area contributed by atoms with Crippen LogP contribution in [0.5, 0.6) is 11.5 Å². The highest BCUT2D eigenvalue weighted by Gasteiger charge is 2.19. The van der Waals surface area contributed by atoms with Crippen LogP contribution in [0.4, 0.5) is 0 Å². The lowest BCUT2D eigenvalue weighted by molar-refractivity contribution is -0.140. The average Bonchev–Trinajstić information content (AvgIpc) is 2.39. The van der Waals surface area contributed by atoms with Gasteiger partial charge in [-0.2, -0.15) is 0 Å². The van der Waals surface area contributed by atoms with Crippen molar-refractivity contribution in [1.29, 1.82) is 0 Å². The number of ether oxygens (including phenoxy) is 2. The van der Waals surface area contributed by atoms with Gasteiger partial charge in [0.25, 0.3) is 5.24 Å². The topological polar surface area (TPSA) is 69.7 Å². The first-order chi connectivity index (χ1) is 9.72. The molecule has 0 N–H and O–H groups in total. The first-order valence-corrected chi connectivity index (χ1v) is 6.87. The number of hydrogen-bond donors (Lipinski definition) is 0. The van der Waals surface area contributed by atoms with E-state index in [1.165, 1.54) is 18.2 Å². The summed E-state index contributed by atoms with van der Waals surface area (Å²) in [6.07, 6.45) is 0. The van der Waals surface area contributed by atoms with E-state index in [-0.39, 0.29) is 28.9 Å². The third-order valence-corrected chi connectivity index (χ3v) is 2.75. The van der Waals surface area contributed by atoms with Crippen LogP contribution in [0.1, 0.15) is 38.1 Å². The molecular formula is C15H17ClO5. The van der Waals surface area contributed by atoms with Crippen LogP contribution < -0.4 is 9.47 Å². The number of benzene rings is 1. The Balaban J connectivity index is 3.13. The van der Waals surface area contributed by atoms with Crippen molar-refractivity contribution in [3.05, 3.63) is 23.8 Å². The molecule has 0 aliphatic rings. The molecule has 0 amide bonds. The average molecular weight is 313 g/mol. The molecule has 0 atom stereocenters. The van der Waals surface area contributed by atoms with Gasteiger partial charge in [0.15, 0.2) is 11.5 Å². The Morgan fingerprint density at radius 1 is 0.905 bits per heavy atom. The maximum atomic E-state index is 11.7. The van der Waals surface area contributed by atoms with Crippen molar-refractivity contribution in [2.45, 2.75) is 27.7 Å². The molecule has 1 aromatic rings. The zero-order valence-corrected chi connectivity index (χ0v) is 13.1. The van der Waals surface area contributed by atoms with E-state index < -0.39 is 17.2 Å². The highest BCUT2D eigenvalue weighted by molar-refractivity contribution is 6.67. The van der Waals surface area contributed by atoms with Crippen LogP contribution in [0, 0.1) is 11.8 Å². The second kappa shape index (κ2) is 7.22. The fourth-order valence-corrected chi connectivity index (χ4v) is 1.36. The van der Waals surface area contributed by atoms with Crippen molar-refractivity contribution in [3.63, 3.8) is 0 Å². The number of carbonyl (C=O) groups is 3. The third-order valence-electron chi connectivity index (χ3n) is 2.53. The standard InChI is InChI=1S/C15H17ClO5/c1-8(2)14(18)20-11-6-5-10(13(16)17)7-12(11)21-15(19)9(3)4/h5-9H,1-4H3. The van der Waals surface area contributed by atoms with Gasteiger partial charge in [-0.1, -0.05) is 27.7 Å². The Kier molecular flexibility index (Phi) is 5.90. The van der Waals surface area contributed by atoms with E-state index in [1.54, 1.807) is 27.7 Å². The molecule has 21 heavy (non-hydrogen) atoms. The van der Waals surface area contributed by atoms with E-state index in [1.807, 2.05) is 0 Å². The van der Waals surface area contributed by atoms with Crippen molar-refractivity contribution in [2.75, 3.05) is 0 Å². The van der Waals surface area contributed by atoms with Gasteiger partial charge >= 0.3 is 11.9 Å². The molecule has 0 spiro atoms. The predicted octanol–water partition coefficient (Wildman–Crippen LogP) is 3.19. The zero-order valence-electron chi connectivity index (χ0n) is 12.3. The Morgan fingerprint density at radius 3 is 1.81 bits per heavy atom. The lowest BCUT2D eigenvalue weighted by Crippen LogP contribution is -2.18. The van der Waals surface area contributed by atoms with Gasteiger partial charge in [-0.15, -0.1) is 0 Å². The number of hydrogen-bond acceptors (Lipinski definition) is 5. The third kappa shape index (κ3) is 4.86. The van der Waals surface area contributed by atoms with Gasteiger partial charge in [0.05, 0.1) is 11.8 Å². The Morgan fingerprint density at radius 2 is 1.38 bits per heavy atom. The van der Waals surface area contributed by atoms with Crippen molar-refractivity contribution in [1.82, 2.24) is 0 Å². The fraction of sp³-hybridized carbons (Fsp3) is 0.400. The number of rotatable bonds is 5. The summed E-state index contributed by atoms with van der Waals surface area (Å²) in [7, 11) is 0. The molecule has 1 rings (SSSR count). The molecule has 0 aliphatic heterocycles. The number of esters is 2. The maximum absolute atomic E-state index is 11.7. The lowest BCUT2D eigenvalue weighted by atomic mass is 10.2. The Labute approximate surface area is 128 Å². The minimum Gasteiger partial charge on any atom is -0.422 e. The molecule has 0 aliphatic carbocycles. The van der Waals surface area contributed by atoms with Gasteiger partial charge in [-0.25, -0.2) is 0 Å². The van der Waals surface area contributed by atoms with E-state index in [2.05, 4.69) is 0 Å². The van der Waals surface area contributed by atoms with Crippen LogP contribution in [0.15, 0.2) is 18.2 Å². The summed E-state index contributed by atoms with van der Waals surface area (Å²) in [5.74, 6) is -1.61. The Hall–Kier alpha value is -1.88. The van der Waals surface area contributed by atoms with Gasteiger partial charge < -0.3 is 9.47 Å². The molecule has 0 fully saturated rings. The van der Waals surface area contributed by atoms with E-state index >= 15 is 0 Å². The van der Waals surface area contributed by atoms with E-state index in [0.29, 0.717) is 0 Å². The lowest BCUT2D eigenvalue weighted by Gasteiger charge is -2.13. The summed E-state index contributed by atoms with van der Waals surface area (Å²) in [4.78, 5) is 34.5. The summed E-state index contributed by atoms with van der Waals surface area (Å²) in [5, 5.41) is -0.696. The zero-order chi connectivity index (χ0) is 16.2. The van der Waals surface area contributed by atoms with Gasteiger partial charge in [-0.3, -0.25) is 14.4 Å².